The molecule has 2 N–H and O–H groups in total. The van der Waals surface area contributed by atoms with Crippen LogP contribution in [0.25, 0.3) is 22.6 Å². The molecule has 0 aliphatic heterocycles. The number of nitrogen functional groups attached to an aromatic ring is 1. The number of nitrogens with zero attached hydrogens (tertiary/aromatic N) is 1. The smallest absolute Gasteiger partial charge is 0.228 e. The summed E-state index contributed by atoms with van der Waals surface area (Å²) in [5.41, 5.74) is 10.0. The van der Waals surface area contributed by atoms with E-state index >= 15 is 0 Å². The maximum atomic E-state index is 5.75. The van der Waals surface area contributed by atoms with Crippen molar-refractivity contribution in [2.24, 2.45) is 0 Å². The molecule has 3 aromatic rings. The second kappa shape index (κ2) is 4.14. The molecule has 18 heavy (non-hydrogen) atoms. The molecule has 0 saturated carbocycles. The van der Waals surface area contributed by atoms with Gasteiger partial charge in [-0.2, -0.15) is 0 Å². The van der Waals surface area contributed by atoms with E-state index in [-0.39, 0.29) is 0 Å². The summed E-state index contributed by atoms with van der Waals surface area (Å²) in [6.07, 6.45) is 0. The van der Waals surface area contributed by atoms with Crippen molar-refractivity contribution >= 4 is 32.7 Å². The van der Waals surface area contributed by atoms with Crippen LogP contribution >= 0.6 is 15.9 Å². The Morgan fingerprint density at radius 1 is 1.17 bits per heavy atom. The topological polar surface area (TPSA) is 52.0 Å². The van der Waals surface area contributed by atoms with E-state index in [1.165, 1.54) is 0 Å². The van der Waals surface area contributed by atoms with Gasteiger partial charge in [-0.05, 0) is 47.1 Å². The van der Waals surface area contributed by atoms with Crippen LogP contribution in [0.2, 0.25) is 0 Å². The molecule has 0 unspecified atom stereocenters. The number of oxazole rings is 1. The Balaban J connectivity index is 2.22. The van der Waals surface area contributed by atoms with Gasteiger partial charge >= 0.3 is 0 Å². The number of nitrogens with two attached hydrogens (primary N) is 1. The fourth-order valence-corrected chi connectivity index (χ4v) is 2.28. The summed E-state index contributed by atoms with van der Waals surface area (Å²) in [4.78, 5) is 4.47. The first-order chi connectivity index (χ1) is 8.63. The molecule has 2 aromatic carbocycles. The SMILES string of the molecule is Cc1ccc(Br)c(-c2nc3ccc(N)cc3o2)c1. The quantitative estimate of drug-likeness (QED) is 0.687. The summed E-state index contributed by atoms with van der Waals surface area (Å²) in [6.45, 7) is 2.04. The zero-order chi connectivity index (χ0) is 12.7. The molecule has 0 aliphatic rings. The number of hydrogen-bond donors (Lipinski definition) is 1. The number of aryl methyl sites for hydroxylation is 1. The second-order valence-electron chi connectivity index (χ2n) is 4.23. The standard InChI is InChI=1S/C14H11BrN2O/c1-8-2-4-11(15)10(6-8)14-17-12-5-3-9(16)7-13(12)18-14/h2-7H,16H2,1H3. The number of hydrogen-bond acceptors (Lipinski definition) is 3. The summed E-state index contributed by atoms with van der Waals surface area (Å²) < 4.78 is 6.72. The molecule has 0 aliphatic carbocycles. The lowest BCUT2D eigenvalue weighted by atomic mass is 10.1. The molecule has 0 fully saturated rings. The molecule has 0 saturated heterocycles. The van der Waals surface area contributed by atoms with Gasteiger partial charge in [0, 0.05) is 16.2 Å². The summed E-state index contributed by atoms with van der Waals surface area (Å²) >= 11 is 3.51. The van der Waals surface area contributed by atoms with E-state index in [0.717, 1.165) is 21.1 Å². The van der Waals surface area contributed by atoms with E-state index in [0.29, 0.717) is 17.2 Å². The molecule has 90 valence electrons. The van der Waals surface area contributed by atoms with Crippen molar-refractivity contribution in [1.29, 1.82) is 0 Å². The fourth-order valence-electron chi connectivity index (χ4n) is 1.86. The zero-order valence-corrected chi connectivity index (χ0v) is 11.4. The van der Waals surface area contributed by atoms with Crippen LogP contribution in [0, 0.1) is 6.92 Å². The Morgan fingerprint density at radius 2 is 2.00 bits per heavy atom. The van der Waals surface area contributed by atoms with Crippen LogP contribution in [0.15, 0.2) is 45.3 Å². The highest BCUT2D eigenvalue weighted by molar-refractivity contribution is 9.10. The van der Waals surface area contributed by atoms with E-state index < -0.39 is 0 Å². The predicted molar refractivity (Wildman–Crippen MR) is 76.3 cm³/mol. The van der Waals surface area contributed by atoms with Crippen LogP contribution in [0.5, 0.6) is 0 Å². The average molecular weight is 303 g/mol. The molecule has 0 spiro atoms. The zero-order valence-electron chi connectivity index (χ0n) is 9.77. The van der Waals surface area contributed by atoms with Gasteiger partial charge in [0.25, 0.3) is 0 Å². The fraction of sp³-hybridized carbons (Fsp3) is 0.0714. The van der Waals surface area contributed by atoms with E-state index in [4.69, 9.17) is 10.2 Å². The number of benzene rings is 2. The Morgan fingerprint density at radius 3 is 2.83 bits per heavy atom. The highest BCUT2D eigenvalue weighted by Gasteiger charge is 2.11. The number of anilines is 1. The minimum Gasteiger partial charge on any atom is -0.436 e. The van der Waals surface area contributed by atoms with Crippen LogP contribution in [-0.2, 0) is 0 Å². The molecule has 3 rings (SSSR count). The van der Waals surface area contributed by atoms with Crippen LogP contribution in [0.4, 0.5) is 5.69 Å². The lowest BCUT2D eigenvalue weighted by Gasteiger charge is -2.00. The number of rotatable bonds is 1. The average Bonchev–Trinajstić information content (AvgIpc) is 2.74. The first-order valence-corrected chi connectivity index (χ1v) is 6.35. The van der Waals surface area contributed by atoms with Crippen molar-refractivity contribution in [3.8, 4) is 11.5 Å². The van der Waals surface area contributed by atoms with Gasteiger partial charge in [0.15, 0.2) is 5.58 Å². The van der Waals surface area contributed by atoms with Crippen LogP contribution in [-0.4, -0.2) is 4.98 Å². The molecular weight excluding hydrogens is 292 g/mol. The lowest BCUT2D eigenvalue weighted by molar-refractivity contribution is 0.619. The first kappa shape index (κ1) is 11.3. The van der Waals surface area contributed by atoms with E-state index in [2.05, 4.69) is 20.9 Å². The summed E-state index contributed by atoms with van der Waals surface area (Å²) in [5.74, 6) is 0.603. The summed E-state index contributed by atoms with van der Waals surface area (Å²) in [7, 11) is 0. The van der Waals surface area contributed by atoms with E-state index in [1.807, 2.05) is 37.3 Å². The van der Waals surface area contributed by atoms with Crippen molar-refractivity contribution < 1.29 is 4.42 Å². The molecule has 1 aromatic heterocycles. The van der Waals surface area contributed by atoms with Crippen molar-refractivity contribution in [1.82, 2.24) is 4.98 Å². The van der Waals surface area contributed by atoms with Gasteiger partial charge < -0.3 is 10.2 Å². The predicted octanol–water partition coefficient (Wildman–Crippen LogP) is 4.15. The minimum atomic E-state index is 0.603. The van der Waals surface area contributed by atoms with Crippen LogP contribution in [0.1, 0.15) is 5.56 Å². The van der Waals surface area contributed by atoms with Gasteiger partial charge in [0.05, 0.1) is 5.56 Å². The van der Waals surface area contributed by atoms with Gasteiger partial charge in [-0.25, -0.2) is 4.98 Å². The highest BCUT2D eigenvalue weighted by Crippen LogP contribution is 2.31. The first-order valence-electron chi connectivity index (χ1n) is 5.56. The Labute approximate surface area is 113 Å². The third-order valence-corrected chi connectivity index (χ3v) is 3.46. The van der Waals surface area contributed by atoms with Gasteiger partial charge in [0.1, 0.15) is 5.52 Å². The normalized spacial score (nSPS) is 11.0. The van der Waals surface area contributed by atoms with Crippen molar-refractivity contribution in [3.05, 3.63) is 46.4 Å². The van der Waals surface area contributed by atoms with Gasteiger partial charge in [-0.15, -0.1) is 0 Å². The Hall–Kier alpha value is -1.81. The highest BCUT2D eigenvalue weighted by atomic mass is 79.9. The molecular formula is C14H11BrN2O. The Kier molecular flexibility index (Phi) is 2.59. The minimum absolute atomic E-state index is 0.603. The molecule has 1 heterocycles. The molecule has 0 atom stereocenters. The molecule has 0 bridgehead atoms. The second-order valence-corrected chi connectivity index (χ2v) is 5.08. The molecule has 4 heteroatoms. The maximum Gasteiger partial charge on any atom is 0.228 e. The number of aromatic nitrogens is 1. The summed E-state index contributed by atoms with van der Waals surface area (Å²) in [5, 5.41) is 0. The monoisotopic (exact) mass is 302 g/mol. The molecule has 0 radical (unpaired) electrons. The van der Waals surface area contributed by atoms with Gasteiger partial charge in [-0.1, -0.05) is 11.6 Å². The third kappa shape index (κ3) is 1.88. The Bertz CT molecular complexity index is 734. The van der Waals surface area contributed by atoms with Crippen molar-refractivity contribution in [2.75, 3.05) is 5.73 Å². The molecule has 0 amide bonds. The number of halogens is 1. The van der Waals surface area contributed by atoms with Crippen LogP contribution < -0.4 is 5.73 Å². The van der Waals surface area contributed by atoms with Crippen molar-refractivity contribution in [2.45, 2.75) is 6.92 Å². The third-order valence-electron chi connectivity index (χ3n) is 2.76. The maximum absolute atomic E-state index is 5.75. The summed E-state index contributed by atoms with van der Waals surface area (Å²) in [6, 6.07) is 11.5. The van der Waals surface area contributed by atoms with E-state index in [1.54, 1.807) is 6.07 Å². The largest absolute Gasteiger partial charge is 0.436 e. The molecule has 3 nitrogen and oxygen atoms in total. The van der Waals surface area contributed by atoms with Crippen LogP contribution in [0.3, 0.4) is 0 Å². The lowest BCUT2D eigenvalue weighted by Crippen LogP contribution is -1.82. The van der Waals surface area contributed by atoms with Crippen molar-refractivity contribution in [3.63, 3.8) is 0 Å². The number of fused-ring (bicyclic) bond motifs is 1. The van der Waals surface area contributed by atoms with Gasteiger partial charge in [-0.3, -0.25) is 0 Å². The van der Waals surface area contributed by atoms with Gasteiger partial charge in [0.2, 0.25) is 5.89 Å². The van der Waals surface area contributed by atoms with E-state index in [9.17, 15) is 0 Å².